The Hall–Kier alpha value is -2.45. The molecule has 9 heteroatoms. The van der Waals surface area contributed by atoms with E-state index in [0.717, 1.165) is 11.1 Å². The van der Waals surface area contributed by atoms with Crippen molar-refractivity contribution in [2.24, 2.45) is 12.0 Å². The topological polar surface area (TPSA) is 92.9 Å². The molecule has 1 aromatic heterocycles. The normalized spacial score (nSPS) is 14.8. The molecule has 1 aromatic carbocycles. The van der Waals surface area contributed by atoms with Gasteiger partial charge in [-0.15, -0.1) is 0 Å². The van der Waals surface area contributed by atoms with Crippen molar-refractivity contribution in [1.82, 2.24) is 20.4 Å². The minimum absolute atomic E-state index is 0.313. The van der Waals surface area contributed by atoms with E-state index in [1.807, 2.05) is 19.2 Å². The van der Waals surface area contributed by atoms with Crippen LogP contribution in [0.5, 0.6) is 11.5 Å². The van der Waals surface area contributed by atoms with Gasteiger partial charge < -0.3 is 25.2 Å². The second-order valence-corrected chi connectivity index (χ2v) is 6.28. The molecular weight excluding hydrogens is 358 g/mol. The number of guanidine groups is 1. The van der Waals surface area contributed by atoms with E-state index in [1.165, 1.54) is 0 Å². The summed E-state index contributed by atoms with van der Waals surface area (Å²) >= 11 is 6.25. The molecule has 3 rings (SSSR count). The second kappa shape index (κ2) is 8.29. The maximum absolute atomic E-state index is 10.2. The lowest BCUT2D eigenvalue weighted by molar-refractivity contribution is 0.171. The van der Waals surface area contributed by atoms with Crippen LogP contribution in [-0.4, -0.2) is 47.7 Å². The van der Waals surface area contributed by atoms with E-state index < -0.39 is 6.10 Å². The molecule has 0 spiro atoms. The first-order valence-electron chi connectivity index (χ1n) is 8.26. The average molecular weight is 380 g/mol. The molecule has 26 heavy (non-hydrogen) atoms. The molecule has 0 aliphatic carbocycles. The number of hydrogen-bond donors (Lipinski definition) is 3. The summed E-state index contributed by atoms with van der Waals surface area (Å²) in [5, 5.41) is 21.0. The molecule has 1 unspecified atom stereocenters. The summed E-state index contributed by atoms with van der Waals surface area (Å²) in [6.45, 7) is 1.82. The number of aliphatic hydroxyl groups excluding tert-OH is 1. The van der Waals surface area contributed by atoms with Crippen molar-refractivity contribution >= 4 is 17.6 Å². The SMILES string of the molecule is CN=C(NCc1cc(Cl)c2c(c1)OCCO2)NCC(O)c1cnn(C)c1. The number of rotatable bonds is 5. The number of fused-ring (bicyclic) bond motifs is 1. The molecule has 2 aromatic rings. The van der Waals surface area contributed by atoms with Gasteiger partial charge in [-0.05, 0) is 17.7 Å². The number of aryl methyl sites for hydroxylation is 1. The highest BCUT2D eigenvalue weighted by Crippen LogP contribution is 2.38. The van der Waals surface area contributed by atoms with Gasteiger partial charge in [0.2, 0.25) is 0 Å². The number of aliphatic hydroxyl groups is 1. The number of aromatic nitrogens is 2. The predicted molar refractivity (Wildman–Crippen MR) is 98.8 cm³/mol. The second-order valence-electron chi connectivity index (χ2n) is 5.87. The van der Waals surface area contributed by atoms with E-state index in [2.05, 4.69) is 20.7 Å². The van der Waals surface area contributed by atoms with Crippen LogP contribution in [0.25, 0.3) is 0 Å². The van der Waals surface area contributed by atoms with E-state index in [-0.39, 0.29) is 0 Å². The molecule has 0 fully saturated rings. The summed E-state index contributed by atoms with van der Waals surface area (Å²) < 4.78 is 12.8. The number of nitrogens with one attached hydrogen (secondary N) is 2. The van der Waals surface area contributed by atoms with Crippen LogP contribution in [0.2, 0.25) is 5.02 Å². The van der Waals surface area contributed by atoms with Crippen molar-refractivity contribution in [3.05, 3.63) is 40.7 Å². The fourth-order valence-electron chi connectivity index (χ4n) is 2.60. The van der Waals surface area contributed by atoms with Crippen LogP contribution in [0.4, 0.5) is 0 Å². The van der Waals surface area contributed by atoms with Gasteiger partial charge in [-0.2, -0.15) is 5.10 Å². The maximum Gasteiger partial charge on any atom is 0.191 e. The summed E-state index contributed by atoms with van der Waals surface area (Å²) in [6.07, 6.45) is 2.74. The van der Waals surface area contributed by atoms with Crippen molar-refractivity contribution in [3.63, 3.8) is 0 Å². The van der Waals surface area contributed by atoms with Gasteiger partial charge in [0.25, 0.3) is 0 Å². The van der Waals surface area contributed by atoms with Crippen LogP contribution >= 0.6 is 11.6 Å². The van der Waals surface area contributed by atoms with Gasteiger partial charge in [0.1, 0.15) is 13.2 Å². The standard InChI is InChI=1S/C17H22ClN5O3/c1-19-17(21-9-14(24)12-8-22-23(2)10-12)20-7-11-5-13(18)16-15(6-11)25-3-4-26-16/h5-6,8,10,14,24H,3-4,7,9H2,1-2H3,(H2,19,20,21). The van der Waals surface area contributed by atoms with Gasteiger partial charge in [0.05, 0.1) is 17.3 Å². The van der Waals surface area contributed by atoms with E-state index in [4.69, 9.17) is 21.1 Å². The minimum Gasteiger partial charge on any atom is -0.486 e. The molecule has 2 heterocycles. The van der Waals surface area contributed by atoms with Gasteiger partial charge in [0, 0.05) is 38.9 Å². The summed E-state index contributed by atoms with van der Waals surface area (Å²) in [6, 6.07) is 3.73. The van der Waals surface area contributed by atoms with Crippen molar-refractivity contribution in [3.8, 4) is 11.5 Å². The van der Waals surface area contributed by atoms with Gasteiger partial charge in [-0.25, -0.2) is 0 Å². The molecule has 0 bridgehead atoms. The van der Waals surface area contributed by atoms with Crippen LogP contribution < -0.4 is 20.1 Å². The number of nitrogens with zero attached hydrogens (tertiary/aromatic N) is 3. The van der Waals surface area contributed by atoms with Crippen LogP contribution in [-0.2, 0) is 13.6 Å². The first kappa shape index (κ1) is 18.3. The Morgan fingerprint density at radius 2 is 2.19 bits per heavy atom. The molecule has 140 valence electrons. The summed E-state index contributed by atoms with van der Waals surface area (Å²) in [4.78, 5) is 4.16. The summed E-state index contributed by atoms with van der Waals surface area (Å²) in [7, 11) is 3.48. The number of halogens is 1. The Balaban J connectivity index is 1.55. The van der Waals surface area contributed by atoms with Crippen molar-refractivity contribution in [2.45, 2.75) is 12.6 Å². The monoisotopic (exact) mass is 379 g/mol. The molecule has 0 saturated heterocycles. The number of hydrogen-bond acceptors (Lipinski definition) is 5. The lowest BCUT2D eigenvalue weighted by Gasteiger charge is -2.20. The fraction of sp³-hybridized carbons (Fsp3) is 0.412. The molecule has 1 aliphatic rings. The molecular formula is C17H22ClN5O3. The Labute approximate surface area is 156 Å². The Bertz CT molecular complexity index is 793. The minimum atomic E-state index is -0.675. The van der Waals surface area contributed by atoms with Crippen LogP contribution in [0.15, 0.2) is 29.5 Å². The highest BCUT2D eigenvalue weighted by atomic mass is 35.5. The third-order valence-electron chi connectivity index (χ3n) is 3.91. The number of benzene rings is 1. The molecule has 0 radical (unpaired) electrons. The van der Waals surface area contributed by atoms with E-state index in [0.29, 0.717) is 48.8 Å². The average Bonchev–Trinajstić information content (AvgIpc) is 3.08. The number of aliphatic imine (C=N–C) groups is 1. The van der Waals surface area contributed by atoms with Crippen molar-refractivity contribution < 1.29 is 14.6 Å². The lowest BCUT2D eigenvalue weighted by Crippen LogP contribution is -2.39. The molecule has 1 atom stereocenters. The Kier molecular flexibility index (Phi) is 5.85. The van der Waals surface area contributed by atoms with E-state index >= 15 is 0 Å². The van der Waals surface area contributed by atoms with Crippen LogP contribution in [0.3, 0.4) is 0 Å². The molecule has 1 aliphatic heterocycles. The smallest absolute Gasteiger partial charge is 0.191 e. The highest BCUT2D eigenvalue weighted by molar-refractivity contribution is 6.32. The number of ether oxygens (including phenoxy) is 2. The van der Waals surface area contributed by atoms with Crippen molar-refractivity contribution in [2.75, 3.05) is 26.8 Å². The Morgan fingerprint density at radius 3 is 2.92 bits per heavy atom. The largest absolute Gasteiger partial charge is 0.486 e. The zero-order chi connectivity index (χ0) is 18.5. The van der Waals surface area contributed by atoms with Crippen LogP contribution in [0, 0.1) is 0 Å². The first-order chi connectivity index (χ1) is 12.6. The zero-order valence-electron chi connectivity index (χ0n) is 14.7. The third-order valence-corrected chi connectivity index (χ3v) is 4.19. The quantitative estimate of drug-likeness (QED) is 0.534. The van der Waals surface area contributed by atoms with Gasteiger partial charge in [-0.1, -0.05) is 11.6 Å². The van der Waals surface area contributed by atoms with E-state index in [1.54, 1.807) is 24.1 Å². The van der Waals surface area contributed by atoms with Crippen molar-refractivity contribution in [1.29, 1.82) is 0 Å². The van der Waals surface area contributed by atoms with Crippen LogP contribution in [0.1, 0.15) is 17.2 Å². The van der Waals surface area contributed by atoms with Gasteiger partial charge >= 0.3 is 0 Å². The molecule has 8 nitrogen and oxygen atoms in total. The van der Waals surface area contributed by atoms with Gasteiger partial charge in [-0.3, -0.25) is 9.67 Å². The molecule has 0 saturated carbocycles. The summed E-state index contributed by atoms with van der Waals surface area (Å²) in [5.74, 6) is 1.80. The lowest BCUT2D eigenvalue weighted by atomic mass is 10.2. The fourth-order valence-corrected chi connectivity index (χ4v) is 2.88. The maximum atomic E-state index is 10.2. The summed E-state index contributed by atoms with van der Waals surface area (Å²) in [5.41, 5.74) is 1.68. The molecule has 0 amide bonds. The Morgan fingerprint density at radius 1 is 1.38 bits per heavy atom. The van der Waals surface area contributed by atoms with E-state index in [9.17, 15) is 5.11 Å². The zero-order valence-corrected chi connectivity index (χ0v) is 15.5. The van der Waals surface area contributed by atoms with Gasteiger partial charge in [0.15, 0.2) is 17.5 Å². The molecule has 3 N–H and O–H groups in total. The third kappa shape index (κ3) is 4.39. The predicted octanol–water partition coefficient (Wildman–Crippen LogP) is 1.24. The first-order valence-corrected chi connectivity index (χ1v) is 8.63. The highest BCUT2D eigenvalue weighted by Gasteiger charge is 2.17.